The van der Waals surface area contributed by atoms with Gasteiger partial charge in [0, 0.05) is 41.9 Å². The lowest BCUT2D eigenvalue weighted by molar-refractivity contribution is -0.117. The smallest absolute Gasteiger partial charge is 0.228 e. The number of hydrogen-bond acceptors (Lipinski definition) is 3. The lowest BCUT2D eigenvalue weighted by atomic mass is 10.0. The van der Waals surface area contributed by atoms with Crippen molar-refractivity contribution in [3.05, 3.63) is 36.0 Å². The van der Waals surface area contributed by atoms with Crippen molar-refractivity contribution in [2.24, 2.45) is 10.9 Å². The highest BCUT2D eigenvalue weighted by Crippen LogP contribution is 2.32. The van der Waals surface area contributed by atoms with Crippen molar-refractivity contribution in [2.75, 3.05) is 5.32 Å². The Morgan fingerprint density at radius 1 is 1.39 bits per heavy atom. The number of aromatic nitrogens is 2. The Bertz CT molecular complexity index is 842. The van der Waals surface area contributed by atoms with E-state index >= 15 is 0 Å². The van der Waals surface area contributed by atoms with Crippen LogP contribution < -0.4 is 5.32 Å². The minimum absolute atomic E-state index is 0.0775. The molecule has 1 fully saturated rings. The highest BCUT2D eigenvalue weighted by Gasteiger charge is 2.29. The average Bonchev–Trinajstić information content (AvgIpc) is 3.33. The molecule has 1 aliphatic carbocycles. The summed E-state index contributed by atoms with van der Waals surface area (Å²) in [6, 6.07) is 2.10. The van der Waals surface area contributed by atoms with Gasteiger partial charge in [-0.3, -0.25) is 9.79 Å². The number of amides is 1. The van der Waals surface area contributed by atoms with Crippen LogP contribution in [0.25, 0.3) is 16.5 Å². The SMILES string of the molecule is Cc1c(C2=CC(C)N=C[CH]2)[nH]c2cc(NC(=O)C3CC3)ncc12. The summed E-state index contributed by atoms with van der Waals surface area (Å²) in [4.78, 5) is 24.0. The molecule has 2 N–H and O–H groups in total. The van der Waals surface area contributed by atoms with Gasteiger partial charge in [0.15, 0.2) is 0 Å². The largest absolute Gasteiger partial charge is 0.354 e. The molecule has 0 spiro atoms. The summed E-state index contributed by atoms with van der Waals surface area (Å²) >= 11 is 0. The number of nitrogens with one attached hydrogen (secondary N) is 2. The number of nitrogens with zero attached hydrogens (tertiary/aromatic N) is 2. The minimum Gasteiger partial charge on any atom is -0.354 e. The molecule has 1 radical (unpaired) electrons. The van der Waals surface area contributed by atoms with Crippen LogP contribution in [0.5, 0.6) is 0 Å². The lowest BCUT2D eigenvalue weighted by Crippen LogP contribution is -2.14. The summed E-state index contributed by atoms with van der Waals surface area (Å²) in [5.74, 6) is 0.864. The Balaban J connectivity index is 1.68. The number of H-pyrrole nitrogens is 1. The zero-order chi connectivity index (χ0) is 16.0. The van der Waals surface area contributed by atoms with E-state index in [1.54, 1.807) is 0 Å². The Labute approximate surface area is 134 Å². The van der Waals surface area contributed by atoms with Gasteiger partial charge >= 0.3 is 0 Å². The number of rotatable bonds is 3. The molecule has 23 heavy (non-hydrogen) atoms. The van der Waals surface area contributed by atoms with Crippen molar-refractivity contribution in [2.45, 2.75) is 32.7 Å². The van der Waals surface area contributed by atoms with Crippen molar-refractivity contribution >= 4 is 34.4 Å². The van der Waals surface area contributed by atoms with Crippen LogP contribution in [-0.4, -0.2) is 28.1 Å². The monoisotopic (exact) mass is 307 g/mol. The molecule has 1 saturated carbocycles. The summed E-state index contributed by atoms with van der Waals surface area (Å²) in [6.07, 6.45) is 9.81. The fourth-order valence-corrected chi connectivity index (χ4v) is 2.94. The molecule has 0 aromatic carbocycles. The molecule has 1 amide bonds. The van der Waals surface area contributed by atoms with Gasteiger partial charge in [0.05, 0.1) is 11.6 Å². The second-order valence-electron chi connectivity index (χ2n) is 6.33. The van der Waals surface area contributed by atoms with E-state index in [-0.39, 0.29) is 17.9 Å². The van der Waals surface area contributed by atoms with Gasteiger partial charge in [-0.2, -0.15) is 0 Å². The van der Waals surface area contributed by atoms with E-state index in [4.69, 9.17) is 0 Å². The molecule has 0 bridgehead atoms. The van der Waals surface area contributed by atoms with Gasteiger partial charge in [-0.1, -0.05) is 6.08 Å². The molecule has 117 valence electrons. The molecule has 0 saturated heterocycles. The normalized spacial score (nSPS) is 20.6. The van der Waals surface area contributed by atoms with Crippen LogP contribution in [0, 0.1) is 19.3 Å². The number of carbonyl (C=O) groups is 1. The van der Waals surface area contributed by atoms with Gasteiger partial charge in [0.25, 0.3) is 0 Å². The average molecular weight is 307 g/mol. The topological polar surface area (TPSA) is 70.1 Å². The first-order valence-corrected chi connectivity index (χ1v) is 7.99. The number of carbonyl (C=O) groups excluding carboxylic acids is 1. The number of fused-ring (bicyclic) bond motifs is 1. The van der Waals surface area contributed by atoms with E-state index in [1.165, 1.54) is 0 Å². The Morgan fingerprint density at radius 3 is 2.96 bits per heavy atom. The standard InChI is InChI=1S/C18H19N4O/c1-10-7-13(5-6-19-10)17-11(2)14-9-20-16(8-15(14)21-17)22-18(23)12-3-4-12/h5-10,12,21H,3-4H2,1-2H3,(H,20,22,23). The third-order valence-electron chi connectivity index (χ3n) is 4.43. The zero-order valence-electron chi connectivity index (χ0n) is 13.3. The van der Waals surface area contributed by atoms with E-state index in [1.807, 2.05) is 24.9 Å². The van der Waals surface area contributed by atoms with Gasteiger partial charge in [0.1, 0.15) is 5.82 Å². The van der Waals surface area contributed by atoms with E-state index in [2.05, 4.69) is 40.2 Å². The Morgan fingerprint density at radius 2 is 2.22 bits per heavy atom. The number of dihydropyridines is 1. The van der Waals surface area contributed by atoms with E-state index in [0.29, 0.717) is 5.82 Å². The van der Waals surface area contributed by atoms with E-state index < -0.39 is 0 Å². The number of aliphatic imine (C=N–C) groups is 1. The van der Waals surface area contributed by atoms with Crippen LogP contribution in [0.1, 0.15) is 31.0 Å². The molecule has 2 aromatic rings. The molecule has 3 heterocycles. The number of hydrogen-bond donors (Lipinski definition) is 2. The van der Waals surface area contributed by atoms with Crippen LogP contribution in [0.3, 0.4) is 0 Å². The second-order valence-corrected chi connectivity index (χ2v) is 6.33. The lowest BCUT2D eigenvalue weighted by Gasteiger charge is -2.11. The van der Waals surface area contributed by atoms with Gasteiger partial charge < -0.3 is 10.3 Å². The molecule has 2 aromatic heterocycles. The number of aryl methyl sites for hydroxylation is 1. The molecule has 5 nitrogen and oxygen atoms in total. The van der Waals surface area contributed by atoms with Crippen molar-refractivity contribution in [3.8, 4) is 0 Å². The number of pyridine rings is 1. The second kappa shape index (κ2) is 5.33. The van der Waals surface area contributed by atoms with Gasteiger partial charge in [-0.25, -0.2) is 4.98 Å². The first-order chi connectivity index (χ1) is 11.1. The van der Waals surface area contributed by atoms with E-state index in [0.717, 1.165) is 40.6 Å². The molecule has 1 aliphatic heterocycles. The number of allylic oxidation sites excluding steroid dienone is 1. The van der Waals surface area contributed by atoms with Gasteiger partial charge in [-0.15, -0.1) is 0 Å². The molecule has 2 aliphatic rings. The maximum Gasteiger partial charge on any atom is 0.228 e. The predicted molar refractivity (Wildman–Crippen MR) is 92.4 cm³/mol. The number of aromatic amines is 1. The van der Waals surface area contributed by atoms with Crippen molar-refractivity contribution in [1.29, 1.82) is 0 Å². The van der Waals surface area contributed by atoms with Crippen LogP contribution in [0.15, 0.2) is 23.3 Å². The third kappa shape index (κ3) is 2.67. The van der Waals surface area contributed by atoms with Crippen LogP contribution in [0.2, 0.25) is 0 Å². The van der Waals surface area contributed by atoms with E-state index in [9.17, 15) is 4.79 Å². The predicted octanol–water partition coefficient (Wildman–Crippen LogP) is 3.28. The summed E-state index contributed by atoms with van der Waals surface area (Å²) in [7, 11) is 0. The zero-order valence-corrected chi connectivity index (χ0v) is 13.3. The van der Waals surface area contributed by atoms with Gasteiger partial charge in [-0.05, 0) is 37.8 Å². The minimum atomic E-state index is 0.0775. The number of anilines is 1. The first kappa shape index (κ1) is 14.2. The third-order valence-corrected chi connectivity index (χ3v) is 4.43. The van der Waals surface area contributed by atoms with Crippen LogP contribution in [-0.2, 0) is 4.79 Å². The molecule has 4 rings (SSSR count). The fourth-order valence-electron chi connectivity index (χ4n) is 2.94. The first-order valence-electron chi connectivity index (χ1n) is 7.99. The molecule has 1 atom stereocenters. The van der Waals surface area contributed by atoms with Crippen LogP contribution in [0.4, 0.5) is 5.82 Å². The summed E-state index contributed by atoms with van der Waals surface area (Å²) in [5, 5.41) is 3.98. The summed E-state index contributed by atoms with van der Waals surface area (Å²) in [5.41, 5.74) is 4.39. The summed E-state index contributed by atoms with van der Waals surface area (Å²) < 4.78 is 0. The highest BCUT2D eigenvalue weighted by molar-refractivity contribution is 5.99. The van der Waals surface area contributed by atoms with Gasteiger partial charge in [0.2, 0.25) is 5.91 Å². The van der Waals surface area contributed by atoms with Crippen molar-refractivity contribution in [3.63, 3.8) is 0 Å². The summed E-state index contributed by atoms with van der Waals surface area (Å²) in [6.45, 7) is 4.15. The highest BCUT2D eigenvalue weighted by atomic mass is 16.2. The van der Waals surface area contributed by atoms with Crippen molar-refractivity contribution in [1.82, 2.24) is 9.97 Å². The molecule has 5 heteroatoms. The molecular formula is C18H19N4O. The quantitative estimate of drug-likeness (QED) is 0.913. The Kier molecular flexibility index (Phi) is 3.29. The fraction of sp³-hybridized carbons (Fsp3) is 0.333. The Hall–Kier alpha value is -2.43. The van der Waals surface area contributed by atoms with Crippen molar-refractivity contribution < 1.29 is 4.79 Å². The molecule has 1 unspecified atom stereocenters. The maximum absolute atomic E-state index is 11.9. The maximum atomic E-state index is 11.9. The van der Waals surface area contributed by atoms with Crippen LogP contribution >= 0.6 is 0 Å². The molecular weight excluding hydrogens is 288 g/mol.